The van der Waals surface area contributed by atoms with Crippen molar-refractivity contribution < 1.29 is 17.7 Å². The first-order valence-electron chi connectivity index (χ1n) is 6.24. The van der Waals surface area contributed by atoms with E-state index in [1.807, 2.05) is 18.9 Å². The van der Waals surface area contributed by atoms with Gasteiger partial charge in [-0.1, -0.05) is 0 Å². The minimum absolute atomic E-state index is 0.212. The zero-order chi connectivity index (χ0) is 15.1. The minimum atomic E-state index is -3.41. The number of hydrogen-bond acceptors (Lipinski definition) is 6. The Morgan fingerprint density at radius 1 is 1.45 bits per heavy atom. The number of anilines is 1. The van der Waals surface area contributed by atoms with Gasteiger partial charge in [0.1, 0.15) is 5.54 Å². The van der Waals surface area contributed by atoms with Gasteiger partial charge in [0.25, 0.3) is 22.3 Å². The van der Waals surface area contributed by atoms with Crippen LogP contribution in [0.3, 0.4) is 0 Å². The highest BCUT2D eigenvalue weighted by atomic mass is 32.2. The monoisotopic (exact) mass is 305 g/mol. The number of nitrogen functional groups attached to an aromatic ring is 1. The second-order valence-corrected chi connectivity index (χ2v) is 7.73. The van der Waals surface area contributed by atoms with Crippen LogP contribution in [0.25, 0.3) is 0 Å². The highest BCUT2D eigenvalue weighted by Crippen LogP contribution is 2.20. The second-order valence-electron chi connectivity index (χ2n) is 5.58. The Morgan fingerprint density at radius 3 is 2.55 bits per heavy atom. The molecule has 2 rings (SSSR count). The molecular formula is C10H21N6O3S+. The van der Waals surface area contributed by atoms with Crippen LogP contribution in [0.15, 0.2) is 10.7 Å². The molecule has 0 atom stereocenters. The molecule has 2 N–H and O–H groups in total. The van der Waals surface area contributed by atoms with E-state index in [9.17, 15) is 8.42 Å². The molecule has 20 heavy (non-hydrogen) atoms. The highest BCUT2D eigenvalue weighted by Gasteiger charge is 2.44. The highest BCUT2D eigenvalue weighted by molar-refractivity contribution is 7.86. The average molecular weight is 305 g/mol. The van der Waals surface area contributed by atoms with E-state index >= 15 is 0 Å². The van der Waals surface area contributed by atoms with Crippen LogP contribution in [0.4, 0.5) is 5.88 Å². The van der Waals surface area contributed by atoms with E-state index in [0.717, 1.165) is 0 Å². The van der Waals surface area contributed by atoms with Crippen LogP contribution in [0, 0.1) is 0 Å². The maximum atomic E-state index is 12.2. The molecule has 114 valence electrons. The smallest absolute Gasteiger partial charge is 0.296 e. The van der Waals surface area contributed by atoms with Crippen molar-refractivity contribution in [2.45, 2.75) is 19.4 Å². The standard InChI is InChI=1S/C10H21N6O3S/c1-10(2)8-14(20(17,18)13(3)4)5-6-15(10)16-7-9(11)19-12-16/h7H,5-6,8,11H2,1-4H3/q+1. The third-order valence-corrected chi connectivity index (χ3v) is 5.22. The van der Waals surface area contributed by atoms with Gasteiger partial charge in [-0.15, -0.1) is 5.01 Å². The predicted octanol–water partition coefficient (Wildman–Crippen LogP) is -1.62. The normalized spacial score (nSPS) is 20.6. The molecule has 0 amide bonds. The van der Waals surface area contributed by atoms with Crippen LogP contribution in [0.2, 0.25) is 0 Å². The van der Waals surface area contributed by atoms with Crippen molar-refractivity contribution in [3.8, 4) is 0 Å². The molecule has 1 aliphatic heterocycles. The van der Waals surface area contributed by atoms with Gasteiger partial charge in [0.15, 0.2) is 0 Å². The maximum absolute atomic E-state index is 12.2. The number of aromatic nitrogens is 2. The Balaban J connectivity index is 2.22. The summed E-state index contributed by atoms with van der Waals surface area (Å²) in [4.78, 5) is 1.52. The van der Waals surface area contributed by atoms with Crippen molar-refractivity contribution in [3.05, 3.63) is 6.20 Å². The summed E-state index contributed by atoms with van der Waals surface area (Å²) >= 11 is 0. The average Bonchev–Trinajstić information content (AvgIpc) is 2.73. The zero-order valence-electron chi connectivity index (χ0n) is 12.1. The van der Waals surface area contributed by atoms with Crippen molar-refractivity contribution in [1.82, 2.24) is 13.9 Å². The summed E-state index contributed by atoms with van der Waals surface area (Å²) in [5.41, 5.74) is 5.09. The molecule has 10 heteroatoms. The van der Waals surface area contributed by atoms with Crippen LogP contribution in [-0.4, -0.2) is 61.6 Å². The molecule has 0 bridgehead atoms. The lowest BCUT2D eigenvalue weighted by molar-refractivity contribution is -0.766. The fourth-order valence-corrected chi connectivity index (χ4v) is 3.53. The van der Waals surface area contributed by atoms with Crippen LogP contribution in [-0.2, 0) is 10.2 Å². The molecule has 2 heterocycles. The van der Waals surface area contributed by atoms with Crippen LogP contribution < -0.4 is 15.5 Å². The van der Waals surface area contributed by atoms with Gasteiger partial charge >= 0.3 is 0 Å². The first-order chi connectivity index (χ1) is 9.14. The van der Waals surface area contributed by atoms with Gasteiger partial charge in [-0.3, -0.25) is 4.52 Å². The second kappa shape index (κ2) is 4.86. The Kier molecular flexibility index (Phi) is 3.65. The topological polar surface area (TPSA) is 99.8 Å². The SMILES string of the molecule is CN(C)S(=O)(=O)N1CCN([n+]2cc(N)on2)C(C)(C)C1. The molecule has 1 fully saturated rings. The van der Waals surface area contributed by atoms with Gasteiger partial charge < -0.3 is 5.73 Å². The Morgan fingerprint density at radius 2 is 2.10 bits per heavy atom. The predicted molar refractivity (Wildman–Crippen MR) is 72.5 cm³/mol. The number of nitrogens with two attached hydrogens (primary N) is 1. The molecule has 0 aromatic carbocycles. The van der Waals surface area contributed by atoms with Crippen molar-refractivity contribution >= 4 is 16.1 Å². The zero-order valence-corrected chi connectivity index (χ0v) is 13.0. The molecule has 0 spiro atoms. The number of hydrogen-bond donors (Lipinski definition) is 1. The largest absolute Gasteiger partial charge is 0.362 e. The third-order valence-electron chi connectivity index (χ3n) is 3.33. The van der Waals surface area contributed by atoms with Crippen molar-refractivity contribution in [2.24, 2.45) is 0 Å². The molecule has 0 unspecified atom stereocenters. The number of rotatable bonds is 3. The first-order valence-corrected chi connectivity index (χ1v) is 7.64. The molecular weight excluding hydrogens is 284 g/mol. The lowest BCUT2D eigenvalue weighted by Crippen LogP contribution is -2.75. The fourth-order valence-electron chi connectivity index (χ4n) is 2.27. The van der Waals surface area contributed by atoms with Gasteiger partial charge in [-0.25, -0.2) is 0 Å². The Labute approximate surface area is 118 Å². The maximum Gasteiger partial charge on any atom is 0.296 e. The fraction of sp³-hybridized carbons (Fsp3) is 0.800. The van der Waals surface area contributed by atoms with E-state index in [4.69, 9.17) is 10.3 Å². The third kappa shape index (κ3) is 2.58. The lowest BCUT2D eigenvalue weighted by Gasteiger charge is -2.41. The number of nitrogens with zero attached hydrogens (tertiary/aromatic N) is 5. The summed E-state index contributed by atoms with van der Waals surface area (Å²) in [6.45, 7) is 5.12. The van der Waals surface area contributed by atoms with Crippen molar-refractivity contribution in [3.63, 3.8) is 0 Å². The van der Waals surface area contributed by atoms with Gasteiger partial charge in [-0.2, -0.15) is 17.0 Å². The molecule has 0 saturated carbocycles. The van der Waals surface area contributed by atoms with E-state index in [-0.39, 0.29) is 5.88 Å². The van der Waals surface area contributed by atoms with Gasteiger partial charge in [0, 0.05) is 27.2 Å². The van der Waals surface area contributed by atoms with Crippen LogP contribution in [0.5, 0.6) is 0 Å². The first kappa shape index (κ1) is 15.0. The Hall–Kier alpha value is -1.39. The van der Waals surface area contributed by atoms with Crippen molar-refractivity contribution in [1.29, 1.82) is 0 Å². The molecule has 1 aromatic heterocycles. The quantitative estimate of drug-likeness (QED) is 0.674. The van der Waals surface area contributed by atoms with Gasteiger partial charge in [-0.05, 0) is 13.8 Å². The van der Waals surface area contributed by atoms with E-state index in [1.165, 1.54) is 27.5 Å². The molecule has 0 aliphatic carbocycles. The van der Waals surface area contributed by atoms with Crippen LogP contribution in [0.1, 0.15) is 13.8 Å². The number of piperazine rings is 1. The molecule has 1 saturated heterocycles. The summed E-state index contributed by atoms with van der Waals surface area (Å²) in [5, 5.41) is 5.75. The lowest BCUT2D eigenvalue weighted by atomic mass is 10.0. The summed E-state index contributed by atoms with van der Waals surface area (Å²) in [5.74, 6) is 0.212. The van der Waals surface area contributed by atoms with Crippen LogP contribution >= 0.6 is 0 Å². The molecule has 1 aliphatic rings. The summed E-state index contributed by atoms with van der Waals surface area (Å²) in [6, 6.07) is 0. The van der Waals surface area contributed by atoms with Crippen molar-refractivity contribution in [2.75, 3.05) is 44.5 Å². The van der Waals surface area contributed by atoms with E-state index in [0.29, 0.717) is 19.6 Å². The molecule has 9 nitrogen and oxygen atoms in total. The minimum Gasteiger partial charge on any atom is -0.362 e. The van der Waals surface area contributed by atoms with E-state index in [2.05, 4.69) is 5.27 Å². The summed E-state index contributed by atoms with van der Waals surface area (Å²) in [7, 11) is -0.350. The van der Waals surface area contributed by atoms with Gasteiger partial charge in [0.05, 0.1) is 11.3 Å². The van der Waals surface area contributed by atoms with E-state index < -0.39 is 15.7 Å². The van der Waals surface area contributed by atoms with Gasteiger partial charge in [0.2, 0.25) is 5.27 Å². The molecule has 0 radical (unpaired) electrons. The summed E-state index contributed by atoms with van der Waals surface area (Å²) in [6.07, 6.45) is 1.57. The molecule has 1 aromatic rings. The Bertz CT molecular complexity index is 582. The van der Waals surface area contributed by atoms with E-state index in [1.54, 1.807) is 6.20 Å². The summed E-state index contributed by atoms with van der Waals surface area (Å²) < 4.78 is 31.9.